The van der Waals surface area contributed by atoms with Crippen LogP contribution in [0.2, 0.25) is 0 Å². The zero-order chi connectivity index (χ0) is 97.4. The Morgan fingerprint density at radius 1 is 0.149 bits per heavy atom. The van der Waals surface area contributed by atoms with Gasteiger partial charge in [0.1, 0.15) is 6.61 Å². The Morgan fingerprint density at radius 2 is 0.284 bits per heavy atom. The molecular weight excluding hydrogens is 1740 g/mol. The highest BCUT2D eigenvalue weighted by Gasteiger charge is 2.16. The second kappa shape index (κ2) is 94.5. The molecule has 0 saturated heterocycles. The van der Waals surface area contributed by atoms with Gasteiger partial charge in [0, 0.05) is 103 Å². The molecule has 0 radical (unpaired) electrons. The van der Waals surface area contributed by atoms with Crippen LogP contribution < -0.4 is 0 Å². The predicted molar refractivity (Wildman–Crippen MR) is 495 cm³/mol. The Balaban J connectivity index is 1.79. The van der Waals surface area contributed by atoms with Crippen LogP contribution in [0.25, 0.3) is 0 Å². The van der Waals surface area contributed by atoms with Crippen molar-refractivity contribution in [3.63, 3.8) is 0 Å². The van der Waals surface area contributed by atoms with Crippen molar-refractivity contribution in [3.8, 4) is 0 Å². The lowest BCUT2D eigenvalue weighted by atomic mass is 10.2. The van der Waals surface area contributed by atoms with Gasteiger partial charge >= 0.3 is 89.5 Å². The Hall–Kier alpha value is -8.85. The number of hydrogen-bond donors (Lipinski definition) is 1. The van der Waals surface area contributed by atoms with E-state index in [2.05, 4.69) is 0 Å². The zero-order valence-electron chi connectivity index (χ0n) is 81.0. The number of esters is 15. The highest BCUT2D eigenvalue weighted by Crippen LogP contribution is 2.17. The van der Waals surface area contributed by atoms with Crippen LogP contribution in [0, 0.1) is 0 Å². The third-order valence-electron chi connectivity index (χ3n) is 21.0. The predicted octanol–water partition coefficient (Wildman–Crippen LogP) is 17.8. The van der Waals surface area contributed by atoms with Crippen LogP contribution in [0.15, 0.2) is 30.3 Å². The third kappa shape index (κ3) is 90.9. The second-order valence-corrected chi connectivity index (χ2v) is 33.3. The summed E-state index contributed by atoms with van der Waals surface area (Å²) < 4.78 is 90.4. The van der Waals surface area contributed by atoms with Crippen LogP contribution in [0.5, 0.6) is 0 Å². The van der Waals surface area contributed by atoms with Gasteiger partial charge in [-0.2, -0.15) is 0 Å². The molecule has 0 unspecified atom stereocenters. The van der Waals surface area contributed by atoms with Crippen molar-refractivity contribution in [2.75, 3.05) is 126 Å². The summed E-state index contributed by atoms with van der Waals surface area (Å²) in [6.07, 6.45) is 34.1. The molecule has 1 rings (SSSR count). The molecule has 1 N–H and O–H groups in total. The molecule has 134 heavy (non-hydrogen) atoms. The van der Waals surface area contributed by atoms with Crippen LogP contribution in [0.3, 0.4) is 0 Å². The zero-order valence-corrected chi connectivity index (χ0v) is 81.0. The molecule has 768 valence electrons. The van der Waals surface area contributed by atoms with E-state index in [9.17, 15) is 71.9 Å². The van der Waals surface area contributed by atoms with Gasteiger partial charge in [0.15, 0.2) is 0 Å². The lowest BCUT2D eigenvalue weighted by molar-refractivity contribution is -0.146. The first kappa shape index (κ1) is 123. The summed E-state index contributed by atoms with van der Waals surface area (Å²) in [5.74, 6) is -4.24. The van der Waals surface area contributed by atoms with Gasteiger partial charge in [-0.05, 0) is 288 Å². The molecule has 0 aliphatic heterocycles. The molecule has 1 aromatic carbocycles. The van der Waals surface area contributed by atoms with Gasteiger partial charge in [-0.1, -0.05) is 36.8 Å². The minimum Gasteiger partial charge on any atom is -0.466 e. The van der Waals surface area contributed by atoms with Crippen molar-refractivity contribution in [1.29, 1.82) is 0 Å². The van der Waals surface area contributed by atoms with Gasteiger partial charge in [0.05, 0.1) is 119 Å². The number of rotatable bonds is 97. The summed E-state index contributed by atoms with van der Waals surface area (Å²) in [7, 11) is 0. The van der Waals surface area contributed by atoms with Crippen molar-refractivity contribution >= 4 is 89.5 Å². The molecule has 0 aromatic heterocycles. The Labute approximate surface area is 796 Å². The monoisotopic (exact) mass is 1910 g/mol. The molecule has 0 fully saturated rings. The summed E-state index contributed by atoms with van der Waals surface area (Å²) in [5, 5.41) is 8.78. The molecule has 0 heterocycles. The van der Waals surface area contributed by atoms with Gasteiger partial charge in [0.2, 0.25) is 0 Å². The molecule has 0 atom stereocenters. The number of carbonyl (C=O) groups excluding carboxylic acids is 15. The summed E-state index contributed by atoms with van der Waals surface area (Å²) in [6.45, 7) is 5.97. The molecule has 33 heteroatoms. The van der Waals surface area contributed by atoms with E-state index in [0.29, 0.717) is 329 Å². The Kier molecular flexibility index (Phi) is 86.9. The fourth-order valence-corrected chi connectivity index (χ4v) is 13.1. The molecule has 0 amide bonds. The van der Waals surface area contributed by atoms with E-state index in [1.807, 2.05) is 30.3 Å². The minimum atomic E-state index is -0.295. The molecular formula is C101H166O33. The standard InChI is InChI=1S/C101H166O33/c102-66-34-2-19-51-87(103)120-67-35-3-20-52-88(104)121-68-36-4-21-53-89(105)122-69-37-5-22-54-90(106)123-70-38-6-23-55-91(107)124-71-39-7-24-56-92(108)125-72-40-8-25-57-93(109)126-73-41-9-26-58-94(110)127-74-42-10-27-59-95(111)128-75-43-11-28-60-96(112)129-76-44-12-29-61-97(113)130-77-45-13-30-62-98(114)131-78-46-14-31-63-99(115)132-79-47-15-32-64-100(116)133-80-48-16-33-65-101(117)134-84-83-118-81-82-119-85-86-49-17-1-18-50-86/h1,17-18,49-50,102H,2-16,19-48,51-85H2. The van der Waals surface area contributed by atoms with Crippen LogP contribution in [0.4, 0.5) is 0 Å². The average Bonchev–Trinajstić information content (AvgIpc) is 0.956. The van der Waals surface area contributed by atoms with Gasteiger partial charge in [-0.25, -0.2) is 0 Å². The SMILES string of the molecule is O=C(CCCCCO)OCCCCCC(=O)OCCCCCC(=O)OCCCCCC(=O)OCCCCCC(=O)OCCCCCC(=O)OCCCCCC(=O)OCCCCCC(=O)OCCCCCC(=O)OCCCCCC(=O)OCCCCCC(=O)OCCCCCC(=O)OCCCCCC(=O)OCCCCCC(=O)OCCCCCC(=O)OCCOCCOCc1ccccc1. The van der Waals surface area contributed by atoms with Crippen molar-refractivity contribution in [3.05, 3.63) is 35.9 Å². The van der Waals surface area contributed by atoms with Crippen molar-refractivity contribution in [2.45, 2.75) is 392 Å². The lowest BCUT2D eigenvalue weighted by Gasteiger charge is -2.08. The van der Waals surface area contributed by atoms with Crippen molar-refractivity contribution < 1.29 is 158 Å². The smallest absolute Gasteiger partial charge is 0.305 e. The first-order valence-corrected chi connectivity index (χ1v) is 50.5. The van der Waals surface area contributed by atoms with Crippen LogP contribution in [-0.2, 0) is 159 Å². The molecule has 0 spiro atoms. The Morgan fingerprint density at radius 3 is 0.440 bits per heavy atom. The van der Waals surface area contributed by atoms with Crippen molar-refractivity contribution in [2.24, 2.45) is 0 Å². The topological polar surface area (TPSA) is 433 Å². The summed E-state index contributed by atoms with van der Waals surface area (Å²) in [6, 6.07) is 9.87. The summed E-state index contributed by atoms with van der Waals surface area (Å²) >= 11 is 0. The summed E-state index contributed by atoms with van der Waals surface area (Å²) in [5.41, 5.74) is 1.10. The maximum Gasteiger partial charge on any atom is 0.305 e. The van der Waals surface area contributed by atoms with Gasteiger partial charge < -0.3 is 85.6 Å². The van der Waals surface area contributed by atoms with E-state index in [1.54, 1.807) is 0 Å². The molecule has 33 nitrogen and oxygen atoms in total. The molecule has 0 aliphatic carbocycles. The largest absolute Gasteiger partial charge is 0.466 e. The van der Waals surface area contributed by atoms with E-state index >= 15 is 0 Å². The van der Waals surface area contributed by atoms with Crippen LogP contribution in [0.1, 0.15) is 391 Å². The Bertz CT molecular complexity index is 3090. The van der Waals surface area contributed by atoms with E-state index in [1.165, 1.54) is 0 Å². The fourth-order valence-electron chi connectivity index (χ4n) is 13.1. The average molecular weight is 1910 g/mol. The van der Waals surface area contributed by atoms with E-state index in [-0.39, 0.29) is 246 Å². The number of unbranched alkanes of at least 4 members (excludes halogenated alkanes) is 30. The number of ether oxygens (including phenoxy) is 17. The number of benzene rings is 1. The quantitative estimate of drug-likeness (QED) is 0.0359. The highest BCUT2D eigenvalue weighted by atomic mass is 16.6. The van der Waals surface area contributed by atoms with Crippen molar-refractivity contribution in [1.82, 2.24) is 0 Å². The number of hydrogen-bond acceptors (Lipinski definition) is 33. The van der Waals surface area contributed by atoms with E-state index in [4.69, 9.17) is 85.6 Å². The third-order valence-corrected chi connectivity index (χ3v) is 21.0. The molecule has 0 saturated carbocycles. The number of aliphatic hydroxyl groups excluding tert-OH is 1. The fraction of sp³-hybridized carbons (Fsp3) is 0.792. The van der Waals surface area contributed by atoms with Gasteiger partial charge in [0.25, 0.3) is 0 Å². The number of carbonyl (C=O) groups is 15. The lowest BCUT2D eigenvalue weighted by Crippen LogP contribution is -2.13. The maximum absolute atomic E-state index is 12.2. The maximum atomic E-state index is 12.2. The van der Waals surface area contributed by atoms with E-state index in [0.717, 1.165) is 37.7 Å². The number of aliphatic hydroxyl groups is 1. The van der Waals surface area contributed by atoms with Crippen LogP contribution >= 0.6 is 0 Å². The van der Waals surface area contributed by atoms with Crippen LogP contribution in [-0.4, -0.2) is 220 Å². The normalized spacial score (nSPS) is 10.9. The second-order valence-electron chi connectivity index (χ2n) is 33.3. The summed E-state index contributed by atoms with van der Waals surface area (Å²) in [4.78, 5) is 181. The van der Waals surface area contributed by atoms with E-state index < -0.39 is 0 Å². The molecule has 0 aliphatic rings. The first-order valence-electron chi connectivity index (χ1n) is 50.5. The van der Waals surface area contributed by atoms with Gasteiger partial charge in [-0.3, -0.25) is 71.9 Å². The minimum absolute atomic E-state index is 0.126. The molecule has 0 bridgehead atoms. The molecule has 1 aromatic rings. The van der Waals surface area contributed by atoms with Gasteiger partial charge in [-0.15, -0.1) is 0 Å². The first-order chi connectivity index (χ1) is 65.3. The highest BCUT2D eigenvalue weighted by molar-refractivity contribution is 5.74.